The summed E-state index contributed by atoms with van der Waals surface area (Å²) in [6, 6.07) is 20.0. The number of ether oxygens (including phenoxy) is 1. The van der Waals surface area contributed by atoms with E-state index in [2.05, 4.69) is 19.9 Å². The number of carbonyl (C=O) groups excluding carboxylic acids is 2. The molecule has 0 aliphatic carbocycles. The van der Waals surface area contributed by atoms with E-state index < -0.39 is 21.7 Å². The molecule has 1 aromatic heterocycles. The highest BCUT2D eigenvalue weighted by molar-refractivity contribution is 7.92. The summed E-state index contributed by atoms with van der Waals surface area (Å²) < 4.78 is 45.3. The second kappa shape index (κ2) is 14.1. The van der Waals surface area contributed by atoms with Crippen LogP contribution in [-0.4, -0.2) is 55.6 Å². The molecule has 2 heterocycles. The topological polar surface area (TPSA) is 147 Å². The molecule has 0 bridgehead atoms. The van der Waals surface area contributed by atoms with Crippen molar-refractivity contribution in [3.05, 3.63) is 107 Å². The SMILES string of the molecule is CS(=O)(=O)Nc1ccc(Oc2ccc(CN3CCC(N(C(=O)Nc4ccc(Cl)cc4)c4cccc(F)c4)CC3)cn2)c(C(N)=O)c1. The molecule has 46 heavy (non-hydrogen) atoms. The first kappa shape index (κ1) is 32.7. The molecule has 11 nitrogen and oxygen atoms in total. The first-order valence-electron chi connectivity index (χ1n) is 14.3. The summed E-state index contributed by atoms with van der Waals surface area (Å²) in [5, 5.41) is 3.45. The summed E-state index contributed by atoms with van der Waals surface area (Å²) in [5.74, 6) is -0.848. The van der Waals surface area contributed by atoms with Gasteiger partial charge in [-0.3, -0.25) is 19.3 Å². The Balaban J connectivity index is 1.21. The Morgan fingerprint density at radius 3 is 2.39 bits per heavy atom. The average Bonchev–Trinajstić information content (AvgIpc) is 3.00. The molecule has 0 radical (unpaired) electrons. The zero-order valence-electron chi connectivity index (χ0n) is 24.8. The van der Waals surface area contributed by atoms with Crippen LogP contribution in [0.15, 0.2) is 85.1 Å². The number of hydrogen-bond donors (Lipinski definition) is 3. The maximum atomic E-state index is 14.2. The first-order valence-corrected chi connectivity index (χ1v) is 16.6. The van der Waals surface area contributed by atoms with E-state index in [0.29, 0.717) is 48.9 Å². The second-order valence-corrected chi connectivity index (χ2v) is 13.0. The van der Waals surface area contributed by atoms with E-state index in [-0.39, 0.29) is 35.0 Å². The monoisotopic (exact) mass is 666 g/mol. The fraction of sp³-hybridized carbons (Fsp3) is 0.219. The van der Waals surface area contributed by atoms with Gasteiger partial charge in [0.25, 0.3) is 5.91 Å². The lowest BCUT2D eigenvalue weighted by Crippen LogP contribution is -2.49. The molecular formula is C32H32ClFN6O5S. The van der Waals surface area contributed by atoms with E-state index in [4.69, 9.17) is 22.1 Å². The van der Waals surface area contributed by atoms with Crippen molar-refractivity contribution < 1.29 is 27.1 Å². The van der Waals surface area contributed by atoms with Crippen LogP contribution in [0.2, 0.25) is 5.02 Å². The van der Waals surface area contributed by atoms with Gasteiger partial charge in [-0.1, -0.05) is 23.7 Å². The van der Waals surface area contributed by atoms with Gasteiger partial charge in [0.15, 0.2) is 0 Å². The lowest BCUT2D eigenvalue weighted by molar-refractivity contribution is 0.0998. The Labute approximate surface area is 271 Å². The highest BCUT2D eigenvalue weighted by atomic mass is 35.5. The third-order valence-corrected chi connectivity index (χ3v) is 8.15. The zero-order chi connectivity index (χ0) is 32.8. The number of sulfonamides is 1. The Bertz CT molecular complexity index is 1820. The molecule has 3 aromatic carbocycles. The van der Waals surface area contributed by atoms with Crippen LogP contribution in [0.4, 0.5) is 26.2 Å². The van der Waals surface area contributed by atoms with Gasteiger partial charge >= 0.3 is 6.03 Å². The molecule has 5 rings (SSSR count). The van der Waals surface area contributed by atoms with Crippen LogP contribution >= 0.6 is 11.6 Å². The predicted octanol–water partition coefficient (Wildman–Crippen LogP) is 5.84. The number of piperidine rings is 1. The third-order valence-electron chi connectivity index (χ3n) is 7.29. The zero-order valence-corrected chi connectivity index (χ0v) is 26.4. The Hall–Kier alpha value is -4.72. The lowest BCUT2D eigenvalue weighted by atomic mass is 10.0. The number of carbonyl (C=O) groups is 2. The van der Waals surface area contributed by atoms with Crippen LogP contribution in [0.1, 0.15) is 28.8 Å². The number of urea groups is 1. The molecule has 0 saturated carbocycles. The van der Waals surface area contributed by atoms with Gasteiger partial charge in [-0.15, -0.1) is 0 Å². The van der Waals surface area contributed by atoms with Crippen LogP contribution in [0, 0.1) is 5.82 Å². The number of nitrogens with one attached hydrogen (secondary N) is 2. The van der Waals surface area contributed by atoms with Crippen LogP contribution in [0.25, 0.3) is 0 Å². The number of halogens is 2. The van der Waals surface area contributed by atoms with Crippen molar-refractivity contribution in [3.8, 4) is 11.6 Å². The largest absolute Gasteiger partial charge is 0.438 e. The van der Waals surface area contributed by atoms with Crippen molar-refractivity contribution in [2.45, 2.75) is 25.4 Å². The number of nitrogens with zero attached hydrogens (tertiary/aromatic N) is 3. The Kier molecular flexibility index (Phi) is 10.0. The van der Waals surface area contributed by atoms with Gasteiger partial charge in [0, 0.05) is 60.0 Å². The summed E-state index contributed by atoms with van der Waals surface area (Å²) in [7, 11) is -3.54. The molecule has 0 unspecified atom stereocenters. The minimum atomic E-state index is -3.54. The van der Waals surface area contributed by atoms with Crippen molar-refractivity contribution in [2.24, 2.45) is 5.73 Å². The van der Waals surface area contributed by atoms with Gasteiger partial charge in [-0.05, 0) is 79.1 Å². The summed E-state index contributed by atoms with van der Waals surface area (Å²) in [5.41, 5.74) is 7.65. The number of hydrogen-bond acceptors (Lipinski definition) is 7. The van der Waals surface area contributed by atoms with Crippen molar-refractivity contribution in [3.63, 3.8) is 0 Å². The molecule has 14 heteroatoms. The summed E-state index contributed by atoms with van der Waals surface area (Å²) in [6.07, 6.45) is 4.00. The van der Waals surface area contributed by atoms with Crippen LogP contribution in [0.5, 0.6) is 11.6 Å². The van der Waals surface area contributed by atoms with Crippen LogP contribution < -0.4 is 25.4 Å². The molecule has 1 saturated heterocycles. The maximum Gasteiger partial charge on any atom is 0.326 e. The van der Waals surface area contributed by atoms with Gasteiger partial charge in [0.05, 0.1) is 11.8 Å². The number of rotatable bonds is 10. The average molecular weight is 667 g/mol. The fourth-order valence-electron chi connectivity index (χ4n) is 5.20. The Morgan fingerprint density at radius 1 is 1.04 bits per heavy atom. The van der Waals surface area contributed by atoms with Crippen LogP contribution in [-0.2, 0) is 16.6 Å². The smallest absolute Gasteiger partial charge is 0.326 e. The molecule has 1 fully saturated rings. The quantitative estimate of drug-likeness (QED) is 0.193. The fourth-order valence-corrected chi connectivity index (χ4v) is 5.88. The van der Waals surface area contributed by atoms with Gasteiger partial charge in [0.1, 0.15) is 11.6 Å². The number of nitrogens with two attached hydrogens (primary N) is 1. The van der Waals surface area contributed by atoms with E-state index >= 15 is 0 Å². The van der Waals surface area contributed by atoms with E-state index in [1.807, 2.05) is 6.07 Å². The predicted molar refractivity (Wildman–Crippen MR) is 175 cm³/mol. The van der Waals surface area contributed by atoms with Crippen molar-refractivity contribution in [1.82, 2.24) is 9.88 Å². The summed E-state index contributed by atoms with van der Waals surface area (Å²) >= 11 is 5.98. The number of benzene rings is 3. The third kappa shape index (κ3) is 8.71. The minimum absolute atomic E-state index is 0.00321. The molecule has 0 atom stereocenters. The standard InChI is InChI=1S/C32H32ClFN6O5S/c1-46(43,44)38-25-10-11-29(28(18-25)31(35)41)45-30-12-5-21(19-36-30)20-39-15-13-26(14-16-39)40(27-4-2-3-23(34)17-27)32(42)37-24-8-6-22(33)7-9-24/h2-12,17-19,26,38H,13-16,20H2,1H3,(H2,35,41)(H,37,42). The van der Waals surface area contributed by atoms with Gasteiger partial charge in [0.2, 0.25) is 15.9 Å². The normalized spacial score (nSPS) is 14.0. The molecule has 0 spiro atoms. The lowest BCUT2D eigenvalue weighted by Gasteiger charge is -2.38. The van der Waals surface area contributed by atoms with E-state index in [9.17, 15) is 22.4 Å². The number of amides is 3. The molecule has 4 N–H and O–H groups in total. The van der Waals surface area contributed by atoms with Crippen molar-refractivity contribution in [2.75, 3.05) is 34.3 Å². The molecule has 1 aliphatic rings. The van der Waals surface area contributed by atoms with Gasteiger partial charge in [-0.25, -0.2) is 22.6 Å². The van der Waals surface area contributed by atoms with Gasteiger partial charge < -0.3 is 15.8 Å². The van der Waals surface area contributed by atoms with Gasteiger partial charge in [-0.2, -0.15) is 0 Å². The van der Waals surface area contributed by atoms with Crippen molar-refractivity contribution >= 4 is 50.6 Å². The molecule has 1 aliphatic heterocycles. The number of anilines is 3. The maximum absolute atomic E-state index is 14.2. The summed E-state index contributed by atoms with van der Waals surface area (Å²) in [6.45, 7) is 1.99. The highest BCUT2D eigenvalue weighted by Gasteiger charge is 2.30. The highest BCUT2D eigenvalue weighted by Crippen LogP contribution is 2.29. The number of primary amides is 1. The molecule has 3 amide bonds. The number of likely N-dealkylation sites (tertiary alicyclic amines) is 1. The first-order chi connectivity index (χ1) is 21.9. The number of pyridine rings is 1. The second-order valence-electron chi connectivity index (χ2n) is 10.9. The Morgan fingerprint density at radius 2 is 1.76 bits per heavy atom. The minimum Gasteiger partial charge on any atom is -0.438 e. The number of aromatic nitrogens is 1. The van der Waals surface area contributed by atoms with E-state index in [0.717, 1.165) is 11.8 Å². The van der Waals surface area contributed by atoms with Crippen LogP contribution in [0.3, 0.4) is 0 Å². The molecule has 240 valence electrons. The van der Waals surface area contributed by atoms with Crippen molar-refractivity contribution in [1.29, 1.82) is 0 Å². The van der Waals surface area contributed by atoms with E-state index in [1.165, 1.54) is 30.3 Å². The van der Waals surface area contributed by atoms with E-state index in [1.54, 1.807) is 53.6 Å². The molecule has 4 aromatic rings. The summed E-state index contributed by atoms with van der Waals surface area (Å²) in [4.78, 5) is 33.7. The molecular weight excluding hydrogens is 635 g/mol.